The van der Waals surface area contributed by atoms with Crippen molar-refractivity contribution in [1.82, 2.24) is 4.98 Å². The summed E-state index contributed by atoms with van der Waals surface area (Å²) < 4.78 is 5.40. The van der Waals surface area contributed by atoms with Crippen LogP contribution in [-0.2, 0) is 0 Å². The highest BCUT2D eigenvalue weighted by Gasteiger charge is 2.04. The lowest BCUT2D eigenvalue weighted by molar-refractivity contribution is 0.340. The quantitative estimate of drug-likeness (QED) is 0.788. The van der Waals surface area contributed by atoms with Crippen molar-refractivity contribution in [3.63, 3.8) is 0 Å². The van der Waals surface area contributed by atoms with Gasteiger partial charge in [-0.05, 0) is 43.7 Å². The zero-order valence-electron chi connectivity index (χ0n) is 8.86. The highest BCUT2D eigenvalue weighted by molar-refractivity contribution is 7.13. The molecule has 2 nitrogen and oxygen atoms in total. The third kappa shape index (κ3) is 2.18. The Hall–Kier alpha value is -1.35. The topological polar surface area (TPSA) is 22.1 Å². The normalized spacial score (nSPS) is 10.3. The van der Waals surface area contributed by atoms with Crippen molar-refractivity contribution in [3.05, 3.63) is 35.5 Å². The smallest absolute Gasteiger partial charge is 0.119 e. The molecule has 3 heteroatoms. The molecule has 2 rings (SSSR count). The fourth-order valence-electron chi connectivity index (χ4n) is 1.45. The Bertz CT molecular complexity index is 433. The van der Waals surface area contributed by atoms with E-state index in [9.17, 15) is 0 Å². The minimum atomic E-state index is 0.707. The van der Waals surface area contributed by atoms with E-state index >= 15 is 0 Å². The average molecular weight is 219 g/mol. The van der Waals surface area contributed by atoms with Gasteiger partial charge in [0.25, 0.3) is 0 Å². The van der Waals surface area contributed by atoms with E-state index in [1.807, 2.05) is 31.5 Å². The first-order valence-electron chi connectivity index (χ1n) is 4.94. The molecule has 0 spiro atoms. The van der Waals surface area contributed by atoms with E-state index in [-0.39, 0.29) is 0 Å². The van der Waals surface area contributed by atoms with Gasteiger partial charge in [0.1, 0.15) is 5.75 Å². The monoisotopic (exact) mass is 219 g/mol. The van der Waals surface area contributed by atoms with Gasteiger partial charge in [0.15, 0.2) is 0 Å². The SMILES string of the molecule is CCOc1ccc(-c2scnc2C)cc1. The maximum absolute atomic E-state index is 5.40. The third-order valence-electron chi connectivity index (χ3n) is 2.17. The lowest BCUT2D eigenvalue weighted by atomic mass is 10.1. The molecule has 0 aliphatic carbocycles. The van der Waals surface area contributed by atoms with Crippen molar-refractivity contribution in [2.75, 3.05) is 6.61 Å². The van der Waals surface area contributed by atoms with E-state index in [2.05, 4.69) is 17.1 Å². The van der Waals surface area contributed by atoms with Crippen LogP contribution >= 0.6 is 11.3 Å². The molecule has 15 heavy (non-hydrogen) atoms. The van der Waals surface area contributed by atoms with E-state index in [1.54, 1.807) is 11.3 Å². The van der Waals surface area contributed by atoms with E-state index in [0.717, 1.165) is 11.4 Å². The van der Waals surface area contributed by atoms with Gasteiger partial charge < -0.3 is 4.74 Å². The minimum Gasteiger partial charge on any atom is -0.494 e. The maximum atomic E-state index is 5.40. The van der Waals surface area contributed by atoms with Crippen LogP contribution in [0, 0.1) is 6.92 Å². The standard InChI is InChI=1S/C12H13NOS/c1-3-14-11-6-4-10(5-7-11)12-9(2)13-8-15-12/h4-8H,3H2,1-2H3. The molecule has 0 amide bonds. The van der Waals surface area contributed by atoms with Crippen LogP contribution < -0.4 is 4.74 Å². The van der Waals surface area contributed by atoms with Gasteiger partial charge in [-0.2, -0.15) is 0 Å². The highest BCUT2D eigenvalue weighted by Crippen LogP contribution is 2.28. The molecule has 0 saturated carbocycles. The molecule has 1 aromatic heterocycles. The van der Waals surface area contributed by atoms with Crippen LogP contribution in [0.3, 0.4) is 0 Å². The molecule has 0 saturated heterocycles. The summed E-state index contributed by atoms with van der Waals surface area (Å²) in [5.74, 6) is 0.920. The molecule has 78 valence electrons. The van der Waals surface area contributed by atoms with Gasteiger partial charge in [-0.25, -0.2) is 4.98 Å². The summed E-state index contributed by atoms with van der Waals surface area (Å²) in [6, 6.07) is 8.15. The largest absolute Gasteiger partial charge is 0.494 e. The summed E-state index contributed by atoms with van der Waals surface area (Å²) in [6.07, 6.45) is 0. The average Bonchev–Trinajstić information content (AvgIpc) is 2.66. The zero-order chi connectivity index (χ0) is 10.7. The first-order valence-corrected chi connectivity index (χ1v) is 5.82. The summed E-state index contributed by atoms with van der Waals surface area (Å²) in [7, 11) is 0. The summed E-state index contributed by atoms with van der Waals surface area (Å²) >= 11 is 1.67. The number of benzene rings is 1. The first kappa shape index (κ1) is 10.2. The van der Waals surface area contributed by atoms with Gasteiger partial charge in [0, 0.05) is 0 Å². The molecule has 0 radical (unpaired) electrons. The molecule has 2 aromatic rings. The fourth-order valence-corrected chi connectivity index (χ4v) is 2.26. The van der Waals surface area contributed by atoms with Gasteiger partial charge in [0.2, 0.25) is 0 Å². The zero-order valence-corrected chi connectivity index (χ0v) is 9.67. The van der Waals surface area contributed by atoms with Crippen LogP contribution in [0.1, 0.15) is 12.6 Å². The van der Waals surface area contributed by atoms with Crippen molar-refractivity contribution < 1.29 is 4.74 Å². The number of thiazole rings is 1. The molecular weight excluding hydrogens is 206 g/mol. The second kappa shape index (κ2) is 4.45. The summed E-state index contributed by atoms with van der Waals surface area (Å²) in [5.41, 5.74) is 4.17. The molecule has 0 atom stereocenters. The van der Waals surface area contributed by atoms with E-state index in [4.69, 9.17) is 4.74 Å². The van der Waals surface area contributed by atoms with Crippen molar-refractivity contribution in [2.45, 2.75) is 13.8 Å². The van der Waals surface area contributed by atoms with Gasteiger partial charge in [-0.1, -0.05) is 0 Å². The fraction of sp³-hybridized carbons (Fsp3) is 0.250. The second-order valence-corrected chi connectivity index (χ2v) is 4.08. The molecule has 0 N–H and O–H groups in total. The van der Waals surface area contributed by atoms with E-state index in [1.165, 1.54) is 10.4 Å². The Balaban J connectivity index is 2.28. The molecule has 0 bridgehead atoms. The number of ether oxygens (including phenoxy) is 1. The molecule has 0 fully saturated rings. The Morgan fingerprint density at radius 3 is 2.53 bits per heavy atom. The number of hydrogen-bond donors (Lipinski definition) is 0. The number of rotatable bonds is 3. The van der Waals surface area contributed by atoms with Crippen molar-refractivity contribution in [2.24, 2.45) is 0 Å². The van der Waals surface area contributed by atoms with E-state index in [0.29, 0.717) is 6.61 Å². The van der Waals surface area contributed by atoms with Crippen LogP contribution in [0.15, 0.2) is 29.8 Å². The lowest BCUT2D eigenvalue weighted by Crippen LogP contribution is -1.90. The predicted octanol–water partition coefficient (Wildman–Crippen LogP) is 3.52. The van der Waals surface area contributed by atoms with Crippen LogP contribution in [0.2, 0.25) is 0 Å². The molecule has 0 aliphatic rings. The van der Waals surface area contributed by atoms with Crippen LogP contribution in [-0.4, -0.2) is 11.6 Å². The molecule has 0 aliphatic heterocycles. The molecule has 1 aromatic carbocycles. The third-order valence-corrected chi connectivity index (χ3v) is 3.15. The minimum absolute atomic E-state index is 0.707. The molecular formula is C12H13NOS. The van der Waals surface area contributed by atoms with Gasteiger partial charge >= 0.3 is 0 Å². The van der Waals surface area contributed by atoms with Crippen molar-refractivity contribution in [1.29, 1.82) is 0 Å². The Morgan fingerprint density at radius 1 is 1.27 bits per heavy atom. The van der Waals surface area contributed by atoms with Crippen molar-refractivity contribution >= 4 is 11.3 Å². The molecule has 1 heterocycles. The van der Waals surface area contributed by atoms with E-state index < -0.39 is 0 Å². The predicted molar refractivity (Wildman–Crippen MR) is 63.5 cm³/mol. The first-order chi connectivity index (χ1) is 7.31. The molecule has 0 unspecified atom stereocenters. The Morgan fingerprint density at radius 2 is 2.00 bits per heavy atom. The van der Waals surface area contributed by atoms with Gasteiger partial charge in [-0.15, -0.1) is 11.3 Å². The summed E-state index contributed by atoms with van der Waals surface area (Å²) in [6.45, 7) is 4.72. The van der Waals surface area contributed by atoms with Crippen LogP contribution in [0.4, 0.5) is 0 Å². The summed E-state index contributed by atoms with van der Waals surface area (Å²) in [4.78, 5) is 5.47. The number of aryl methyl sites for hydroxylation is 1. The second-order valence-electron chi connectivity index (χ2n) is 3.22. The van der Waals surface area contributed by atoms with Gasteiger partial charge in [-0.3, -0.25) is 0 Å². The maximum Gasteiger partial charge on any atom is 0.119 e. The van der Waals surface area contributed by atoms with Gasteiger partial charge in [0.05, 0.1) is 22.7 Å². The Labute approximate surface area is 93.6 Å². The van der Waals surface area contributed by atoms with Crippen LogP contribution in [0.25, 0.3) is 10.4 Å². The van der Waals surface area contributed by atoms with Crippen molar-refractivity contribution in [3.8, 4) is 16.2 Å². The number of hydrogen-bond acceptors (Lipinski definition) is 3. The van der Waals surface area contributed by atoms with Crippen LogP contribution in [0.5, 0.6) is 5.75 Å². The number of nitrogens with zero attached hydrogens (tertiary/aromatic N) is 1. The lowest BCUT2D eigenvalue weighted by Gasteiger charge is -2.03. The Kier molecular flexibility index (Phi) is 3.02. The number of aromatic nitrogens is 1. The highest BCUT2D eigenvalue weighted by atomic mass is 32.1. The summed E-state index contributed by atoms with van der Waals surface area (Å²) in [5, 5.41) is 0.